The second-order valence-corrected chi connectivity index (χ2v) is 10.1. The van der Waals surface area contributed by atoms with E-state index in [0.717, 1.165) is 35.9 Å². The average molecular weight is 528 g/mol. The first-order valence-corrected chi connectivity index (χ1v) is 13.1. The van der Waals surface area contributed by atoms with Crippen LogP contribution in [0.2, 0.25) is 0 Å². The third kappa shape index (κ3) is 5.88. The topological polar surface area (TPSA) is 114 Å². The standard InChI is InChI=1S/C28H33N9O2/c1-20-9-6-13-24-26(20)37(23-11-4-5-16-35(18-23)25(38)14-8-15-34(2)3)28(30-24)31-27(39)21-10-7-12-22(17-21)36-19-29-32-33-36/h6-10,12-14,17,19,23H,4-5,11,15-16,18H2,1-3H3,(H,30,31,39). The molecule has 4 aromatic rings. The van der Waals surface area contributed by atoms with Crippen molar-refractivity contribution in [2.75, 3.05) is 39.0 Å². The first kappa shape index (κ1) is 26.2. The van der Waals surface area contributed by atoms with Gasteiger partial charge in [0, 0.05) is 31.3 Å². The number of carbonyl (C=O) groups is 2. The van der Waals surface area contributed by atoms with Crippen LogP contribution in [0.1, 0.15) is 41.2 Å². The Kier molecular flexibility index (Phi) is 7.78. The van der Waals surface area contributed by atoms with Crippen molar-refractivity contribution in [2.24, 2.45) is 0 Å². The lowest BCUT2D eigenvalue weighted by molar-refractivity contribution is -0.126. The van der Waals surface area contributed by atoms with Gasteiger partial charge in [0.05, 0.1) is 22.8 Å². The van der Waals surface area contributed by atoms with Gasteiger partial charge in [-0.25, -0.2) is 9.67 Å². The summed E-state index contributed by atoms with van der Waals surface area (Å²) in [5, 5.41) is 14.3. The predicted molar refractivity (Wildman–Crippen MR) is 149 cm³/mol. The van der Waals surface area contributed by atoms with Crippen LogP contribution in [-0.4, -0.2) is 85.1 Å². The molecule has 1 fully saturated rings. The molecular formula is C28H33N9O2. The number of rotatable bonds is 7. The summed E-state index contributed by atoms with van der Waals surface area (Å²) in [6.07, 6.45) is 7.83. The van der Waals surface area contributed by atoms with Gasteiger partial charge in [-0.15, -0.1) is 5.10 Å². The van der Waals surface area contributed by atoms with Gasteiger partial charge >= 0.3 is 0 Å². The van der Waals surface area contributed by atoms with Gasteiger partial charge in [0.25, 0.3) is 5.91 Å². The number of aryl methyl sites for hydroxylation is 1. The van der Waals surface area contributed by atoms with Crippen molar-refractivity contribution in [2.45, 2.75) is 32.2 Å². The summed E-state index contributed by atoms with van der Waals surface area (Å²) in [5.74, 6) is 0.196. The number of para-hydroxylation sites is 1. The van der Waals surface area contributed by atoms with Crippen LogP contribution in [0, 0.1) is 6.92 Å². The third-order valence-electron chi connectivity index (χ3n) is 6.91. The molecule has 0 saturated carbocycles. The number of amides is 2. The Hall–Kier alpha value is -4.38. The Labute approximate surface area is 227 Å². The third-order valence-corrected chi connectivity index (χ3v) is 6.91. The van der Waals surface area contributed by atoms with E-state index in [9.17, 15) is 9.59 Å². The number of hydrogen-bond donors (Lipinski definition) is 1. The molecule has 11 heteroatoms. The van der Waals surface area contributed by atoms with Gasteiger partial charge in [-0.1, -0.05) is 24.3 Å². The molecule has 1 saturated heterocycles. The molecule has 0 radical (unpaired) electrons. The van der Waals surface area contributed by atoms with Crippen LogP contribution in [-0.2, 0) is 4.79 Å². The van der Waals surface area contributed by atoms with Gasteiger partial charge in [-0.2, -0.15) is 0 Å². The van der Waals surface area contributed by atoms with Crippen LogP contribution < -0.4 is 5.32 Å². The van der Waals surface area contributed by atoms with E-state index >= 15 is 0 Å². The highest BCUT2D eigenvalue weighted by molar-refractivity contribution is 6.04. The normalized spacial score (nSPS) is 16.2. The average Bonchev–Trinajstić information content (AvgIpc) is 3.52. The minimum absolute atomic E-state index is 0.00916. The summed E-state index contributed by atoms with van der Waals surface area (Å²) in [6, 6.07) is 13.0. The summed E-state index contributed by atoms with van der Waals surface area (Å²) in [6.45, 7) is 4.01. The van der Waals surface area contributed by atoms with Crippen molar-refractivity contribution >= 4 is 28.8 Å². The van der Waals surface area contributed by atoms with Crippen LogP contribution in [0.15, 0.2) is 60.9 Å². The SMILES string of the molecule is Cc1cccc2nc(NC(=O)c3cccc(-n4cnnn4)c3)n(C3CCCCN(C(=O)C=CCN(C)C)C3)c12. The Morgan fingerprint density at radius 3 is 2.79 bits per heavy atom. The van der Waals surface area contributed by atoms with Crippen molar-refractivity contribution in [3.8, 4) is 5.69 Å². The number of likely N-dealkylation sites (tertiary alicyclic amines) is 1. The van der Waals surface area contributed by atoms with Gasteiger partial charge in [0.15, 0.2) is 0 Å². The molecule has 1 N–H and O–H groups in total. The maximum atomic E-state index is 13.4. The minimum atomic E-state index is -0.285. The number of anilines is 1. The Bertz CT molecular complexity index is 1490. The molecule has 39 heavy (non-hydrogen) atoms. The van der Waals surface area contributed by atoms with Gasteiger partial charge < -0.3 is 14.4 Å². The van der Waals surface area contributed by atoms with E-state index < -0.39 is 0 Å². The largest absolute Gasteiger partial charge is 0.337 e. The lowest BCUT2D eigenvalue weighted by Gasteiger charge is -2.26. The summed E-state index contributed by atoms with van der Waals surface area (Å²) in [5.41, 5.74) is 3.98. The summed E-state index contributed by atoms with van der Waals surface area (Å²) < 4.78 is 3.61. The van der Waals surface area contributed by atoms with Crippen molar-refractivity contribution in [1.82, 2.24) is 39.6 Å². The molecule has 5 rings (SSSR count). The smallest absolute Gasteiger partial charge is 0.258 e. The minimum Gasteiger partial charge on any atom is -0.337 e. The second kappa shape index (κ2) is 11.6. The zero-order chi connectivity index (χ0) is 27.4. The highest BCUT2D eigenvalue weighted by Crippen LogP contribution is 2.32. The summed E-state index contributed by atoms with van der Waals surface area (Å²) in [4.78, 5) is 35.3. The molecule has 1 aliphatic rings. The molecule has 0 spiro atoms. The number of imidazole rings is 1. The van der Waals surface area contributed by atoms with Crippen molar-refractivity contribution in [3.05, 3.63) is 72.1 Å². The zero-order valence-electron chi connectivity index (χ0n) is 22.5. The fraction of sp³-hybridized carbons (Fsp3) is 0.357. The molecule has 2 aromatic heterocycles. The van der Waals surface area contributed by atoms with Gasteiger partial charge in [0.2, 0.25) is 11.9 Å². The van der Waals surface area contributed by atoms with E-state index in [1.165, 1.54) is 11.0 Å². The molecule has 0 bridgehead atoms. The van der Waals surface area contributed by atoms with Crippen LogP contribution in [0.3, 0.4) is 0 Å². The highest BCUT2D eigenvalue weighted by Gasteiger charge is 2.27. The maximum Gasteiger partial charge on any atom is 0.258 e. The molecule has 1 atom stereocenters. The number of nitrogens with one attached hydrogen (secondary N) is 1. The monoisotopic (exact) mass is 527 g/mol. The lowest BCUT2D eigenvalue weighted by atomic mass is 10.1. The Morgan fingerprint density at radius 2 is 2.00 bits per heavy atom. The molecule has 1 aliphatic heterocycles. The number of benzene rings is 2. The fourth-order valence-electron chi connectivity index (χ4n) is 5.01. The fourth-order valence-corrected chi connectivity index (χ4v) is 5.01. The number of aromatic nitrogens is 6. The van der Waals surface area contributed by atoms with E-state index in [-0.39, 0.29) is 17.9 Å². The molecule has 202 valence electrons. The number of fused-ring (bicyclic) bond motifs is 1. The van der Waals surface area contributed by atoms with E-state index in [1.807, 2.05) is 61.2 Å². The van der Waals surface area contributed by atoms with Crippen LogP contribution in [0.4, 0.5) is 5.95 Å². The number of likely N-dealkylation sites (N-methyl/N-ethyl adjacent to an activating group) is 1. The van der Waals surface area contributed by atoms with Gasteiger partial charge in [-0.3, -0.25) is 14.9 Å². The quantitative estimate of drug-likeness (QED) is 0.367. The van der Waals surface area contributed by atoms with E-state index in [0.29, 0.717) is 36.8 Å². The lowest BCUT2D eigenvalue weighted by Crippen LogP contribution is -2.35. The number of hydrogen-bond acceptors (Lipinski definition) is 7. The number of nitrogens with zero attached hydrogens (tertiary/aromatic N) is 8. The van der Waals surface area contributed by atoms with Crippen molar-refractivity contribution in [1.29, 1.82) is 0 Å². The number of carbonyl (C=O) groups excluding carboxylic acids is 2. The Morgan fingerprint density at radius 1 is 1.15 bits per heavy atom. The van der Waals surface area contributed by atoms with Gasteiger partial charge in [0.1, 0.15) is 6.33 Å². The van der Waals surface area contributed by atoms with E-state index in [4.69, 9.17) is 4.98 Å². The molecule has 1 unspecified atom stereocenters. The maximum absolute atomic E-state index is 13.4. The van der Waals surface area contributed by atoms with E-state index in [2.05, 4.69) is 25.4 Å². The molecule has 11 nitrogen and oxygen atoms in total. The first-order chi connectivity index (χ1) is 18.9. The summed E-state index contributed by atoms with van der Waals surface area (Å²) in [7, 11) is 3.95. The van der Waals surface area contributed by atoms with Crippen LogP contribution >= 0.6 is 0 Å². The molecule has 2 aromatic carbocycles. The van der Waals surface area contributed by atoms with E-state index in [1.54, 1.807) is 24.3 Å². The second-order valence-electron chi connectivity index (χ2n) is 10.1. The zero-order valence-corrected chi connectivity index (χ0v) is 22.5. The van der Waals surface area contributed by atoms with Crippen LogP contribution in [0.5, 0.6) is 0 Å². The molecular weight excluding hydrogens is 494 g/mol. The molecule has 3 heterocycles. The van der Waals surface area contributed by atoms with Crippen molar-refractivity contribution in [3.63, 3.8) is 0 Å². The Balaban J connectivity index is 1.46. The number of tetrazole rings is 1. The molecule has 2 amide bonds. The molecule has 0 aliphatic carbocycles. The highest BCUT2D eigenvalue weighted by atomic mass is 16.2. The van der Waals surface area contributed by atoms with Crippen molar-refractivity contribution < 1.29 is 9.59 Å². The summed E-state index contributed by atoms with van der Waals surface area (Å²) >= 11 is 0. The van der Waals surface area contributed by atoms with Crippen LogP contribution in [0.25, 0.3) is 16.7 Å². The predicted octanol–water partition coefficient (Wildman–Crippen LogP) is 3.24. The van der Waals surface area contributed by atoms with Gasteiger partial charge in [-0.05, 0) is 80.5 Å². The first-order valence-electron chi connectivity index (χ1n) is 13.1.